The summed E-state index contributed by atoms with van der Waals surface area (Å²) in [7, 11) is 0. The third-order valence-corrected chi connectivity index (χ3v) is 5.83. The van der Waals surface area contributed by atoms with Crippen molar-refractivity contribution in [3.8, 4) is 11.5 Å². The van der Waals surface area contributed by atoms with Gasteiger partial charge < -0.3 is 10.2 Å². The fourth-order valence-corrected chi connectivity index (χ4v) is 3.76. The first-order valence-electron chi connectivity index (χ1n) is 10.5. The van der Waals surface area contributed by atoms with Crippen LogP contribution in [0.2, 0.25) is 0 Å². The Morgan fingerprint density at radius 2 is 0.964 bits per heavy atom. The van der Waals surface area contributed by atoms with Crippen molar-refractivity contribution in [2.45, 2.75) is 90.9 Å². The Balaban J connectivity index is 2.12. The van der Waals surface area contributed by atoms with Crippen molar-refractivity contribution in [1.29, 1.82) is 0 Å². The van der Waals surface area contributed by atoms with Gasteiger partial charge in [-0.15, -0.1) is 0 Å². The van der Waals surface area contributed by atoms with Gasteiger partial charge in [-0.3, -0.25) is 0 Å². The Bertz CT molecular complexity index is 737. The number of rotatable bonds is 5. The highest BCUT2D eigenvalue weighted by Gasteiger charge is 2.21. The average molecular weight is 383 g/mol. The highest BCUT2D eigenvalue weighted by Crippen LogP contribution is 2.37. The summed E-state index contributed by atoms with van der Waals surface area (Å²) in [6.45, 7) is 17.3. The van der Waals surface area contributed by atoms with Gasteiger partial charge in [-0.2, -0.15) is 0 Å². The summed E-state index contributed by atoms with van der Waals surface area (Å²) in [4.78, 5) is 0. The van der Waals surface area contributed by atoms with E-state index < -0.39 is 0 Å². The Labute approximate surface area is 171 Å². The van der Waals surface area contributed by atoms with Crippen LogP contribution in [-0.2, 0) is 10.8 Å². The van der Waals surface area contributed by atoms with E-state index in [2.05, 4.69) is 79.7 Å². The molecule has 0 bridgehead atoms. The predicted octanol–water partition coefficient (Wildman–Crippen LogP) is 7.38. The number of phenolic OH excluding ortho intramolecular Hbond substituents is 2. The molecule has 0 fully saturated rings. The zero-order chi connectivity index (χ0) is 21.3. The summed E-state index contributed by atoms with van der Waals surface area (Å²) >= 11 is 0. The molecule has 0 aliphatic rings. The van der Waals surface area contributed by atoms with Crippen LogP contribution in [0.1, 0.15) is 102 Å². The Hall–Kier alpha value is -1.96. The summed E-state index contributed by atoms with van der Waals surface area (Å²) in [6, 6.07) is 12.1. The summed E-state index contributed by atoms with van der Waals surface area (Å²) in [5.41, 5.74) is 4.47. The fourth-order valence-electron chi connectivity index (χ4n) is 3.76. The molecular weight excluding hydrogens is 344 g/mol. The maximum atomic E-state index is 10.2. The van der Waals surface area contributed by atoms with E-state index in [1.54, 1.807) is 0 Å². The second-order valence-corrected chi connectivity index (χ2v) is 10.4. The highest BCUT2D eigenvalue weighted by atomic mass is 16.3. The van der Waals surface area contributed by atoms with E-state index in [4.69, 9.17) is 0 Å². The van der Waals surface area contributed by atoms with Gasteiger partial charge in [0.1, 0.15) is 11.5 Å². The molecule has 28 heavy (non-hydrogen) atoms. The van der Waals surface area contributed by atoms with Crippen molar-refractivity contribution < 1.29 is 10.2 Å². The third kappa shape index (κ3) is 5.31. The van der Waals surface area contributed by atoms with E-state index in [9.17, 15) is 10.2 Å². The molecule has 0 saturated heterocycles. The zero-order valence-corrected chi connectivity index (χ0v) is 18.9. The predicted molar refractivity (Wildman–Crippen MR) is 120 cm³/mol. The maximum Gasteiger partial charge on any atom is 0.119 e. The van der Waals surface area contributed by atoms with E-state index in [1.165, 1.54) is 11.1 Å². The average Bonchev–Trinajstić information content (AvgIpc) is 2.58. The van der Waals surface area contributed by atoms with E-state index in [-0.39, 0.29) is 10.8 Å². The maximum absolute atomic E-state index is 10.2. The van der Waals surface area contributed by atoms with E-state index in [0.717, 1.165) is 24.0 Å². The van der Waals surface area contributed by atoms with Crippen molar-refractivity contribution in [2.24, 2.45) is 0 Å². The molecule has 154 valence electrons. The van der Waals surface area contributed by atoms with Gasteiger partial charge in [0, 0.05) is 0 Å². The minimum atomic E-state index is -0.0670. The molecule has 2 atom stereocenters. The quantitative estimate of drug-likeness (QED) is 0.566. The van der Waals surface area contributed by atoms with Crippen molar-refractivity contribution in [1.82, 2.24) is 0 Å². The third-order valence-electron chi connectivity index (χ3n) is 5.83. The van der Waals surface area contributed by atoms with Gasteiger partial charge in [0.05, 0.1) is 0 Å². The van der Waals surface area contributed by atoms with Crippen LogP contribution < -0.4 is 0 Å². The first-order chi connectivity index (χ1) is 12.8. The first kappa shape index (κ1) is 22.3. The van der Waals surface area contributed by atoms with Gasteiger partial charge in [0.15, 0.2) is 0 Å². The summed E-state index contributed by atoms with van der Waals surface area (Å²) in [5, 5.41) is 20.4. The Morgan fingerprint density at radius 3 is 1.25 bits per heavy atom. The van der Waals surface area contributed by atoms with E-state index in [1.807, 2.05) is 12.1 Å². The molecule has 2 heteroatoms. The van der Waals surface area contributed by atoms with Gasteiger partial charge in [-0.1, -0.05) is 79.7 Å². The second kappa shape index (κ2) is 8.19. The number of hydrogen-bond acceptors (Lipinski definition) is 2. The molecule has 0 aliphatic heterocycles. The van der Waals surface area contributed by atoms with Crippen LogP contribution in [0.3, 0.4) is 0 Å². The standard InChI is InChI=1S/C26H38O2/c1-17(19-11-13-23(27)21(15-19)25(3,4)5)9-10-18(2)20-12-14-24(28)22(16-20)26(6,7)8/h11-18,27-28H,9-10H2,1-8H3. The molecule has 2 aromatic carbocycles. The Kier molecular flexibility index (Phi) is 6.53. The molecule has 0 aliphatic carbocycles. The molecule has 2 aromatic rings. The van der Waals surface area contributed by atoms with Crippen LogP contribution in [-0.4, -0.2) is 10.2 Å². The molecule has 2 unspecified atom stereocenters. The zero-order valence-electron chi connectivity index (χ0n) is 18.9. The fraction of sp³-hybridized carbons (Fsp3) is 0.538. The summed E-state index contributed by atoms with van der Waals surface area (Å²) < 4.78 is 0. The Morgan fingerprint density at radius 1 is 0.643 bits per heavy atom. The van der Waals surface area contributed by atoms with Crippen molar-refractivity contribution in [3.05, 3.63) is 58.7 Å². The highest BCUT2D eigenvalue weighted by molar-refractivity contribution is 5.42. The molecule has 0 aromatic heterocycles. The SMILES string of the molecule is CC(CCC(C)c1ccc(O)c(C(C)(C)C)c1)c1ccc(O)c(C(C)(C)C)c1. The van der Waals surface area contributed by atoms with Crippen LogP contribution in [0.4, 0.5) is 0 Å². The van der Waals surface area contributed by atoms with Crippen molar-refractivity contribution in [3.63, 3.8) is 0 Å². The summed E-state index contributed by atoms with van der Waals surface area (Å²) in [6.07, 6.45) is 2.17. The minimum Gasteiger partial charge on any atom is -0.508 e. The van der Waals surface area contributed by atoms with Gasteiger partial charge in [0.2, 0.25) is 0 Å². The minimum absolute atomic E-state index is 0.0670. The smallest absolute Gasteiger partial charge is 0.119 e. The van der Waals surface area contributed by atoms with Gasteiger partial charge in [0.25, 0.3) is 0 Å². The first-order valence-corrected chi connectivity index (χ1v) is 10.5. The molecule has 0 radical (unpaired) electrons. The van der Waals surface area contributed by atoms with Crippen LogP contribution in [0.15, 0.2) is 36.4 Å². The van der Waals surface area contributed by atoms with Crippen molar-refractivity contribution >= 4 is 0 Å². The molecule has 0 amide bonds. The van der Waals surface area contributed by atoms with Crippen molar-refractivity contribution in [2.75, 3.05) is 0 Å². The van der Waals surface area contributed by atoms with Crippen LogP contribution in [0.25, 0.3) is 0 Å². The number of benzene rings is 2. The monoisotopic (exact) mass is 382 g/mol. The van der Waals surface area contributed by atoms with Gasteiger partial charge in [-0.25, -0.2) is 0 Å². The summed E-state index contributed by atoms with van der Waals surface area (Å²) in [5.74, 6) is 1.64. The molecule has 0 spiro atoms. The normalized spacial score (nSPS) is 14.7. The van der Waals surface area contributed by atoms with Gasteiger partial charge in [-0.05, 0) is 69.9 Å². The molecular formula is C26H38O2. The lowest BCUT2D eigenvalue weighted by molar-refractivity contribution is 0.444. The molecule has 2 N–H and O–H groups in total. The largest absolute Gasteiger partial charge is 0.508 e. The van der Waals surface area contributed by atoms with Crippen LogP contribution in [0, 0.1) is 0 Å². The lowest BCUT2D eigenvalue weighted by Gasteiger charge is -2.24. The van der Waals surface area contributed by atoms with E-state index in [0.29, 0.717) is 23.3 Å². The van der Waals surface area contributed by atoms with Crippen LogP contribution in [0.5, 0.6) is 11.5 Å². The van der Waals surface area contributed by atoms with E-state index >= 15 is 0 Å². The van der Waals surface area contributed by atoms with Crippen LogP contribution >= 0.6 is 0 Å². The number of aromatic hydroxyl groups is 2. The second-order valence-electron chi connectivity index (χ2n) is 10.4. The number of hydrogen-bond donors (Lipinski definition) is 2. The topological polar surface area (TPSA) is 40.5 Å². The molecule has 0 saturated carbocycles. The van der Waals surface area contributed by atoms with Gasteiger partial charge >= 0.3 is 0 Å². The lowest BCUT2D eigenvalue weighted by Crippen LogP contribution is -2.12. The molecule has 2 nitrogen and oxygen atoms in total. The molecule has 2 rings (SSSR count). The number of phenols is 2. The lowest BCUT2D eigenvalue weighted by atomic mass is 9.81. The molecule has 0 heterocycles.